The third kappa shape index (κ3) is 8.07. The Morgan fingerprint density at radius 3 is 2.55 bits per heavy atom. The van der Waals surface area contributed by atoms with E-state index in [0.29, 0.717) is 6.54 Å². The number of nitrogens with one attached hydrogen (secondary N) is 1. The third-order valence-corrected chi connectivity index (χ3v) is 8.43. The highest BCUT2D eigenvalue weighted by atomic mass is 32.2. The smallest absolute Gasteiger partial charge is 0.228 e. The summed E-state index contributed by atoms with van der Waals surface area (Å²) in [6.45, 7) is 6.28. The van der Waals surface area contributed by atoms with Crippen molar-refractivity contribution in [2.75, 3.05) is 4.90 Å². The molecule has 5 nitrogen and oxygen atoms in total. The lowest BCUT2D eigenvalue weighted by atomic mass is 9.96. The molecule has 222 valence electrons. The van der Waals surface area contributed by atoms with Gasteiger partial charge in [0, 0.05) is 42.5 Å². The molecule has 1 amide bonds. The maximum atomic E-state index is 13.9. The van der Waals surface area contributed by atoms with E-state index < -0.39 is 0 Å². The molecule has 3 aromatic carbocycles. The number of halogens is 2. The van der Waals surface area contributed by atoms with Crippen LogP contribution in [0.15, 0.2) is 84.0 Å². The highest BCUT2D eigenvalue weighted by molar-refractivity contribution is 7.97. The molecule has 1 aliphatic rings. The zero-order valence-corrected chi connectivity index (χ0v) is 25.6. The van der Waals surface area contributed by atoms with Crippen molar-refractivity contribution < 1.29 is 13.6 Å². The van der Waals surface area contributed by atoms with Gasteiger partial charge in [-0.2, -0.15) is 0 Å². The normalized spacial score (nSPS) is 15.1. The molecular weight excluding hydrogens is 550 g/mol. The minimum Gasteiger partial charge on any atom is -0.337 e. The van der Waals surface area contributed by atoms with Crippen LogP contribution in [-0.4, -0.2) is 15.5 Å². The van der Waals surface area contributed by atoms with Crippen molar-refractivity contribution in [3.05, 3.63) is 113 Å². The molecule has 0 radical (unpaired) electrons. The van der Waals surface area contributed by atoms with Gasteiger partial charge in [-0.25, -0.2) is 13.8 Å². The molecule has 1 unspecified atom stereocenters. The van der Waals surface area contributed by atoms with E-state index in [2.05, 4.69) is 21.8 Å². The number of anilines is 1. The van der Waals surface area contributed by atoms with Gasteiger partial charge in [0.1, 0.15) is 17.5 Å². The number of carbonyl (C=O) groups is 1. The number of aromatic nitrogens is 2. The maximum Gasteiger partial charge on any atom is 0.228 e. The van der Waals surface area contributed by atoms with Crippen LogP contribution in [0.3, 0.4) is 0 Å². The van der Waals surface area contributed by atoms with Gasteiger partial charge in [0.05, 0.1) is 6.54 Å². The average Bonchev–Trinajstić information content (AvgIpc) is 3.29. The second kappa shape index (κ2) is 15.1. The number of carbonyl (C=O) groups excluding carboxylic acids is 1. The fourth-order valence-electron chi connectivity index (χ4n) is 5.23. The first kappa shape index (κ1) is 31.4. The minimum atomic E-state index is -0.304. The van der Waals surface area contributed by atoms with E-state index in [1.165, 1.54) is 41.8 Å². The molecule has 0 spiro atoms. The van der Waals surface area contributed by atoms with Gasteiger partial charge in [-0.3, -0.25) is 9.52 Å². The van der Waals surface area contributed by atoms with Gasteiger partial charge in [0.15, 0.2) is 0 Å². The molecular formula is C34H40F2N4OS. The molecule has 1 aliphatic carbocycles. The fraction of sp³-hybridized carbons (Fsp3) is 0.353. The largest absolute Gasteiger partial charge is 0.337 e. The molecule has 8 heteroatoms. The first-order valence-corrected chi connectivity index (χ1v) is 15.5. The Balaban J connectivity index is 0.00000198. The minimum absolute atomic E-state index is 0.0491. The number of hydrogen-bond donors (Lipinski definition) is 1. The Labute approximate surface area is 252 Å². The van der Waals surface area contributed by atoms with Gasteiger partial charge >= 0.3 is 0 Å². The number of nitrogens with zero attached hydrogens (tertiary/aromatic N) is 3. The van der Waals surface area contributed by atoms with Crippen molar-refractivity contribution in [2.24, 2.45) is 7.05 Å². The molecule has 5 rings (SSSR count). The number of aryl methyl sites for hydroxylation is 2. The summed E-state index contributed by atoms with van der Waals surface area (Å²) in [6, 6.07) is 19.4. The zero-order chi connectivity index (χ0) is 30.1. The van der Waals surface area contributed by atoms with Crippen molar-refractivity contribution in [3.63, 3.8) is 0 Å². The summed E-state index contributed by atoms with van der Waals surface area (Å²) in [5.74, 6) is 0.0170. The van der Waals surface area contributed by atoms with Crippen molar-refractivity contribution in [1.82, 2.24) is 14.3 Å². The van der Waals surface area contributed by atoms with E-state index in [-0.39, 0.29) is 35.9 Å². The molecule has 1 N–H and O–H groups in total. The van der Waals surface area contributed by atoms with E-state index in [1.807, 2.05) is 56.8 Å². The Kier molecular flexibility index (Phi) is 11.3. The predicted octanol–water partition coefficient (Wildman–Crippen LogP) is 8.52. The Morgan fingerprint density at radius 1 is 1.07 bits per heavy atom. The van der Waals surface area contributed by atoms with Crippen molar-refractivity contribution >= 4 is 23.5 Å². The van der Waals surface area contributed by atoms with Crippen molar-refractivity contribution in [2.45, 2.75) is 76.3 Å². The highest BCUT2D eigenvalue weighted by Crippen LogP contribution is 2.35. The van der Waals surface area contributed by atoms with Crippen LogP contribution in [0, 0.1) is 11.6 Å². The summed E-state index contributed by atoms with van der Waals surface area (Å²) in [6.07, 6.45) is 7.93. The molecule has 2 atom stereocenters. The van der Waals surface area contributed by atoms with Crippen molar-refractivity contribution in [1.29, 1.82) is 0 Å². The van der Waals surface area contributed by atoms with Gasteiger partial charge in [0.25, 0.3) is 0 Å². The summed E-state index contributed by atoms with van der Waals surface area (Å²) in [5, 5.41) is 0. The topological polar surface area (TPSA) is 50.2 Å². The summed E-state index contributed by atoms with van der Waals surface area (Å²) in [5.41, 5.74) is 4.03. The molecule has 0 saturated carbocycles. The summed E-state index contributed by atoms with van der Waals surface area (Å²) in [7, 11) is 1.92. The van der Waals surface area contributed by atoms with Gasteiger partial charge in [-0.15, -0.1) is 0 Å². The van der Waals surface area contributed by atoms with E-state index in [9.17, 15) is 13.6 Å². The Bertz CT molecular complexity index is 1470. The molecule has 0 saturated heterocycles. The second-order valence-electron chi connectivity index (χ2n) is 10.5. The van der Waals surface area contributed by atoms with Crippen LogP contribution in [0.1, 0.15) is 80.9 Å². The van der Waals surface area contributed by atoms with Crippen LogP contribution in [-0.2, 0) is 24.8 Å². The van der Waals surface area contributed by atoms with E-state index >= 15 is 0 Å². The van der Waals surface area contributed by atoms with Crippen LogP contribution in [0.25, 0.3) is 0 Å². The van der Waals surface area contributed by atoms with Crippen molar-refractivity contribution in [3.8, 4) is 0 Å². The number of amides is 1. The van der Waals surface area contributed by atoms with E-state index in [4.69, 9.17) is 0 Å². The average molecular weight is 591 g/mol. The quantitative estimate of drug-likeness (QED) is 0.157. The Hall–Kier alpha value is -3.49. The predicted molar refractivity (Wildman–Crippen MR) is 167 cm³/mol. The molecule has 4 aromatic rings. The molecule has 0 aliphatic heterocycles. The first-order chi connectivity index (χ1) is 20.4. The SMILES string of the molecule is CC.C[C@@H](CC(=O)N(Cc1nccn1C)c1ccc2c(c1)C(NSc1cccc(F)c1)CCCC2)c1cccc(F)c1. The second-order valence-corrected chi connectivity index (χ2v) is 11.4. The molecule has 42 heavy (non-hydrogen) atoms. The number of rotatable bonds is 9. The number of benzene rings is 3. The Morgan fingerprint density at radius 2 is 1.83 bits per heavy atom. The third-order valence-electron chi connectivity index (χ3n) is 7.54. The maximum absolute atomic E-state index is 13.9. The molecule has 1 heterocycles. The van der Waals surface area contributed by atoms with Crippen LogP contribution in [0.2, 0.25) is 0 Å². The first-order valence-electron chi connectivity index (χ1n) is 14.7. The number of fused-ring (bicyclic) bond motifs is 1. The molecule has 0 bridgehead atoms. The van der Waals surface area contributed by atoms with Crippen LogP contribution in [0.4, 0.5) is 14.5 Å². The summed E-state index contributed by atoms with van der Waals surface area (Å²) in [4.78, 5) is 20.9. The van der Waals surface area contributed by atoms with Gasteiger partial charge in [-0.1, -0.05) is 51.5 Å². The van der Waals surface area contributed by atoms with Gasteiger partial charge in [0.2, 0.25) is 5.91 Å². The molecule has 0 fully saturated rings. The van der Waals surface area contributed by atoms with Crippen LogP contribution < -0.4 is 9.62 Å². The number of imidazole rings is 1. The number of hydrogen-bond acceptors (Lipinski definition) is 4. The lowest BCUT2D eigenvalue weighted by Gasteiger charge is -2.27. The summed E-state index contributed by atoms with van der Waals surface area (Å²) < 4.78 is 33.1. The monoisotopic (exact) mass is 590 g/mol. The van der Waals surface area contributed by atoms with Crippen LogP contribution in [0.5, 0.6) is 0 Å². The molecule has 1 aromatic heterocycles. The highest BCUT2D eigenvalue weighted by Gasteiger charge is 2.25. The zero-order valence-electron chi connectivity index (χ0n) is 24.8. The fourth-order valence-corrected chi connectivity index (χ4v) is 6.07. The lowest BCUT2D eigenvalue weighted by Crippen LogP contribution is -2.32. The summed E-state index contributed by atoms with van der Waals surface area (Å²) >= 11 is 1.43. The van der Waals surface area contributed by atoms with Gasteiger partial charge in [-0.05, 0) is 96.3 Å². The van der Waals surface area contributed by atoms with Crippen LogP contribution >= 0.6 is 11.9 Å². The van der Waals surface area contributed by atoms with E-state index in [1.54, 1.807) is 23.2 Å². The van der Waals surface area contributed by atoms with Gasteiger partial charge < -0.3 is 9.47 Å². The van der Waals surface area contributed by atoms with E-state index in [0.717, 1.165) is 53.2 Å². The lowest BCUT2D eigenvalue weighted by molar-refractivity contribution is -0.119. The standard InChI is InChI=1S/C32H34F2N4OS.C2H6/c1-22(24-8-5-9-25(33)18-24)17-32(39)38(21-31-35-15-16-37(31)2)27-14-13-23-7-3-4-12-30(29(23)20-27)36-40-28-11-6-10-26(34)19-28;1-2/h5-6,8-11,13-16,18-20,22,30,36H,3-4,7,12,17,21H2,1-2H3;1-2H3/t22-,30?;/m0./s1.